The van der Waals surface area contributed by atoms with Crippen molar-refractivity contribution < 1.29 is 9.13 Å². The molecule has 10 rings (SSSR count). The maximum absolute atomic E-state index is 2.46. The number of hydrogen-bond acceptors (Lipinski definition) is 0. The molecule has 6 aromatic heterocycles. The smallest absolute Gasteiger partial charge is 0.178 e. The van der Waals surface area contributed by atoms with Gasteiger partial charge in [0.15, 0.2) is 23.8 Å². The summed E-state index contributed by atoms with van der Waals surface area (Å²) in [7, 11) is 4.28. The molecule has 4 aromatic carbocycles. The summed E-state index contributed by atoms with van der Waals surface area (Å²) in [5.41, 5.74) is 15.4. The number of hydrogen-bond donors (Lipinski definition) is 0. The number of fused-ring (bicyclic) bond motifs is 4. The predicted octanol–water partition coefficient (Wildman–Crippen LogP) is 11.8. The molecule has 0 unspecified atom stereocenters. The van der Waals surface area contributed by atoms with Crippen LogP contribution in [0.5, 0.6) is 0 Å². The second-order valence-electron chi connectivity index (χ2n) is 16.8. The Balaban J connectivity index is 0.751. The van der Waals surface area contributed by atoms with E-state index in [1.807, 2.05) is 0 Å². The first kappa shape index (κ1) is 38.3. The Morgan fingerprint density at radius 1 is 0.426 bits per heavy atom. The molecule has 6 heteroatoms. The molecule has 0 aliphatic heterocycles. The molecule has 0 spiro atoms. The Bertz CT molecular complexity index is 3240. The fraction of sp³-hybridized carbons (Fsp3) is 0.200. The summed E-state index contributed by atoms with van der Waals surface area (Å²) in [6.45, 7) is 8.39. The second-order valence-corrected chi connectivity index (χ2v) is 16.8. The van der Waals surface area contributed by atoms with Gasteiger partial charge in [-0.1, -0.05) is 84.9 Å². The van der Waals surface area contributed by atoms with Gasteiger partial charge in [-0.3, -0.25) is 0 Å². The van der Waals surface area contributed by atoms with Gasteiger partial charge in [0.1, 0.15) is 13.1 Å². The first-order valence-electron chi connectivity index (χ1n) is 21.8. The minimum atomic E-state index is 0.963. The number of aromatic nitrogens is 6. The topological polar surface area (TPSA) is 27.5 Å². The van der Waals surface area contributed by atoms with Crippen LogP contribution < -0.4 is 9.13 Å². The average Bonchev–Trinajstić information content (AvgIpc) is 4.03. The molecule has 10 aromatic rings. The van der Waals surface area contributed by atoms with Gasteiger partial charge in [0.05, 0.1) is 0 Å². The van der Waals surface area contributed by atoms with Crippen molar-refractivity contribution in [1.29, 1.82) is 0 Å². The molecule has 0 aliphatic carbocycles. The highest BCUT2D eigenvalue weighted by atomic mass is 15.0. The Kier molecular flexibility index (Phi) is 10.2. The SMILES string of the molecule is Cc1cc(/C=C/c2cc[n+](CCCn3cc(-c4cn(C)c5ccccc45)c4ccccc43)c(C)c2)cc[n+]1CCCCn1cc(-c2cn(C)c3ccccc23)c2ccccc21. The van der Waals surface area contributed by atoms with E-state index in [4.69, 9.17) is 0 Å². The van der Waals surface area contributed by atoms with Crippen LogP contribution in [-0.4, -0.2) is 18.3 Å². The molecule has 0 saturated carbocycles. The van der Waals surface area contributed by atoms with Gasteiger partial charge in [-0.2, -0.15) is 0 Å². The summed E-state index contributed by atoms with van der Waals surface area (Å²) in [5.74, 6) is 0. The van der Waals surface area contributed by atoms with Crippen LogP contribution in [0.2, 0.25) is 0 Å². The fourth-order valence-corrected chi connectivity index (χ4v) is 9.61. The third kappa shape index (κ3) is 7.37. The Morgan fingerprint density at radius 3 is 1.26 bits per heavy atom. The first-order chi connectivity index (χ1) is 29.9. The lowest BCUT2D eigenvalue weighted by Crippen LogP contribution is -2.37. The molecule has 61 heavy (non-hydrogen) atoms. The average molecular weight is 799 g/mol. The lowest BCUT2D eigenvalue weighted by molar-refractivity contribution is -0.703. The number of nitrogens with zero attached hydrogens (tertiary/aromatic N) is 6. The van der Waals surface area contributed by atoms with Crippen LogP contribution in [0, 0.1) is 13.8 Å². The molecule has 0 bridgehead atoms. The molecule has 0 amide bonds. The van der Waals surface area contributed by atoms with E-state index in [1.54, 1.807) is 0 Å². The molecule has 0 atom stereocenters. The standard InChI is InChI=1S/C55H54N6/c1-40-34-42(26-32-58(40)28-13-14-29-60-38-50(46-18-7-11-22-54(46)60)48-36-56(3)52-20-9-5-16-44(48)52)24-25-43-27-33-59(41(2)35-43)30-15-31-61-39-51(47-19-8-12-23-55(47)61)49-37-57(4)53-21-10-6-17-45(49)53/h5-12,16-27,32-39H,13-15,28-31H2,1-4H3/q+2/b25-24+. The van der Waals surface area contributed by atoms with Crippen LogP contribution in [0.25, 0.3) is 78.0 Å². The van der Waals surface area contributed by atoms with Crippen molar-refractivity contribution in [3.8, 4) is 22.3 Å². The Labute approximate surface area is 358 Å². The minimum Gasteiger partial charge on any atom is -0.350 e. The summed E-state index contributed by atoms with van der Waals surface area (Å²) in [6.07, 6.45) is 21.6. The van der Waals surface area contributed by atoms with Gasteiger partial charge in [-0.05, 0) is 41.8 Å². The molecule has 0 aliphatic rings. The quantitative estimate of drug-likeness (QED) is 0.0821. The van der Waals surface area contributed by atoms with Crippen LogP contribution in [0.15, 0.2) is 159 Å². The normalized spacial score (nSPS) is 12.0. The highest BCUT2D eigenvalue weighted by Crippen LogP contribution is 2.38. The number of unbranched alkanes of at least 4 members (excludes halogenated alkanes) is 1. The van der Waals surface area contributed by atoms with Crippen LogP contribution in [0.1, 0.15) is 41.8 Å². The Morgan fingerprint density at radius 2 is 0.803 bits per heavy atom. The van der Waals surface area contributed by atoms with E-state index in [2.05, 4.69) is 226 Å². The van der Waals surface area contributed by atoms with Crippen molar-refractivity contribution in [1.82, 2.24) is 18.3 Å². The van der Waals surface area contributed by atoms with Crippen LogP contribution in [0.4, 0.5) is 0 Å². The minimum absolute atomic E-state index is 0.963. The van der Waals surface area contributed by atoms with Crippen molar-refractivity contribution in [2.75, 3.05) is 0 Å². The van der Waals surface area contributed by atoms with Gasteiger partial charge in [0, 0.05) is 169 Å². The lowest BCUT2D eigenvalue weighted by atomic mass is 10.0. The first-order valence-corrected chi connectivity index (χ1v) is 21.8. The molecule has 0 radical (unpaired) electrons. The monoisotopic (exact) mass is 798 g/mol. The number of pyridine rings is 2. The highest BCUT2D eigenvalue weighted by molar-refractivity contribution is 6.06. The Hall–Kier alpha value is -6.92. The molecule has 0 fully saturated rings. The fourth-order valence-electron chi connectivity index (χ4n) is 9.61. The number of rotatable bonds is 13. The number of benzene rings is 4. The summed E-state index contributed by atoms with van der Waals surface area (Å²) < 4.78 is 14.2. The maximum atomic E-state index is 2.46. The largest absolute Gasteiger partial charge is 0.350 e. The summed E-state index contributed by atoms with van der Waals surface area (Å²) >= 11 is 0. The van der Waals surface area contributed by atoms with Crippen LogP contribution in [0.3, 0.4) is 0 Å². The highest BCUT2D eigenvalue weighted by Gasteiger charge is 2.17. The molecule has 0 saturated heterocycles. The molecule has 6 nitrogen and oxygen atoms in total. The zero-order valence-corrected chi connectivity index (χ0v) is 35.8. The predicted molar refractivity (Wildman–Crippen MR) is 253 cm³/mol. The summed E-state index contributed by atoms with van der Waals surface area (Å²) in [5, 5.41) is 5.24. The van der Waals surface area contributed by atoms with Gasteiger partial charge in [-0.25, -0.2) is 9.13 Å². The molecule has 0 N–H and O–H groups in total. The van der Waals surface area contributed by atoms with Gasteiger partial charge >= 0.3 is 0 Å². The van der Waals surface area contributed by atoms with Crippen LogP contribution in [-0.2, 0) is 40.3 Å². The lowest BCUT2D eigenvalue weighted by Gasteiger charge is -2.06. The van der Waals surface area contributed by atoms with E-state index >= 15 is 0 Å². The van der Waals surface area contributed by atoms with Crippen molar-refractivity contribution >= 4 is 55.8 Å². The molecule has 302 valence electrons. The van der Waals surface area contributed by atoms with E-state index in [0.717, 1.165) is 45.4 Å². The third-order valence-electron chi connectivity index (χ3n) is 12.8. The van der Waals surface area contributed by atoms with E-state index in [9.17, 15) is 0 Å². The third-order valence-corrected chi connectivity index (χ3v) is 12.8. The zero-order valence-electron chi connectivity index (χ0n) is 35.8. The van der Waals surface area contributed by atoms with Gasteiger partial charge in [0.2, 0.25) is 0 Å². The maximum Gasteiger partial charge on any atom is 0.178 e. The number of para-hydroxylation sites is 4. The van der Waals surface area contributed by atoms with E-state index in [-0.39, 0.29) is 0 Å². The number of aryl methyl sites for hydroxylation is 8. The summed E-state index contributed by atoms with van der Waals surface area (Å²) in [4.78, 5) is 0. The van der Waals surface area contributed by atoms with Crippen LogP contribution >= 0.6 is 0 Å². The summed E-state index contributed by atoms with van der Waals surface area (Å²) in [6, 6.07) is 44.2. The van der Waals surface area contributed by atoms with Gasteiger partial charge < -0.3 is 18.3 Å². The van der Waals surface area contributed by atoms with Crippen molar-refractivity contribution in [3.63, 3.8) is 0 Å². The van der Waals surface area contributed by atoms with E-state index < -0.39 is 0 Å². The van der Waals surface area contributed by atoms with Gasteiger partial charge in [-0.15, -0.1) is 0 Å². The van der Waals surface area contributed by atoms with Crippen molar-refractivity contribution in [2.45, 2.75) is 59.3 Å². The van der Waals surface area contributed by atoms with E-state index in [0.29, 0.717) is 0 Å². The van der Waals surface area contributed by atoms with Crippen molar-refractivity contribution in [3.05, 3.63) is 181 Å². The van der Waals surface area contributed by atoms with Gasteiger partial charge in [0.25, 0.3) is 0 Å². The second kappa shape index (κ2) is 16.3. The molecule has 6 heterocycles. The molecular formula is C55H54N6+2. The molecular weight excluding hydrogens is 745 g/mol. The van der Waals surface area contributed by atoms with Crippen molar-refractivity contribution in [2.24, 2.45) is 14.1 Å². The van der Waals surface area contributed by atoms with E-state index in [1.165, 1.54) is 88.4 Å². The zero-order chi connectivity index (χ0) is 41.5.